The number of hydrogen-bond acceptors (Lipinski definition) is 4. The van der Waals surface area contributed by atoms with E-state index in [0.29, 0.717) is 12.1 Å². The number of rotatable bonds is 4. The Labute approximate surface area is 182 Å². The van der Waals surface area contributed by atoms with Crippen molar-refractivity contribution < 1.29 is 14.7 Å². The van der Waals surface area contributed by atoms with Crippen molar-refractivity contribution in [2.45, 2.75) is 57.7 Å². The Kier molecular flexibility index (Phi) is 5.24. The molecule has 1 aromatic heterocycles. The molecule has 2 amide bonds. The number of pyridine rings is 1. The molecule has 2 saturated heterocycles. The second-order valence-corrected chi connectivity index (χ2v) is 9.42. The number of aliphatic hydroxyl groups is 1. The number of carbonyl (C=O) groups is 2. The number of nitrogens with zero attached hydrogens (tertiary/aromatic N) is 3. The summed E-state index contributed by atoms with van der Waals surface area (Å²) in [6.07, 6.45) is 8.50. The highest BCUT2D eigenvalue weighted by Gasteiger charge is 2.59. The summed E-state index contributed by atoms with van der Waals surface area (Å²) in [5.41, 5.74) is 1.24. The summed E-state index contributed by atoms with van der Waals surface area (Å²) in [6, 6.07) is 2.89. The zero-order valence-corrected chi connectivity index (χ0v) is 18.1. The number of amides is 2. The van der Waals surface area contributed by atoms with Gasteiger partial charge >= 0.3 is 0 Å². The van der Waals surface area contributed by atoms with Crippen LogP contribution in [0.1, 0.15) is 56.3 Å². The summed E-state index contributed by atoms with van der Waals surface area (Å²) in [4.78, 5) is 44.0. The van der Waals surface area contributed by atoms with E-state index in [4.69, 9.17) is 0 Å². The summed E-state index contributed by atoms with van der Waals surface area (Å²) in [6.45, 7) is 3.51. The van der Waals surface area contributed by atoms with Gasteiger partial charge in [0, 0.05) is 49.3 Å². The molecule has 0 unspecified atom stereocenters. The first-order chi connectivity index (χ1) is 15.1. The Morgan fingerprint density at radius 1 is 1.13 bits per heavy atom. The van der Waals surface area contributed by atoms with Gasteiger partial charge in [0.05, 0.1) is 18.0 Å². The Bertz CT molecular complexity index is 974. The molecule has 31 heavy (non-hydrogen) atoms. The molecule has 1 aliphatic carbocycles. The molecule has 0 aromatic carbocycles. The number of fused-ring (bicyclic) bond motifs is 4. The molecule has 0 radical (unpaired) electrons. The molecule has 4 aliphatic rings. The lowest BCUT2D eigenvalue weighted by Gasteiger charge is -2.39. The minimum Gasteiger partial charge on any atom is -0.396 e. The van der Waals surface area contributed by atoms with Gasteiger partial charge in [-0.1, -0.05) is 12.2 Å². The summed E-state index contributed by atoms with van der Waals surface area (Å²) in [5.74, 6) is -0.728. The number of aliphatic hydroxyl groups excluding tert-OH is 1. The van der Waals surface area contributed by atoms with E-state index >= 15 is 0 Å². The van der Waals surface area contributed by atoms with Gasteiger partial charge < -0.3 is 19.5 Å². The van der Waals surface area contributed by atoms with Crippen LogP contribution in [0.25, 0.3) is 6.08 Å². The molecule has 166 valence electrons. The molecule has 3 aliphatic heterocycles. The van der Waals surface area contributed by atoms with Gasteiger partial charge in [0.15, 0.2) is 0 Å². The van der Waals surface area contributed by atoms with Crippen molar-refractivity contribution >= 4 is 17.9 Å². The fraction of sp³-hybridized carbons (Fsp3) is 0.625. The highest BCUT2D eigenvalue weighted by molar-refractivity contribution is 5.86. The summed E-state index contributed by atoms with van der Waals surface area (Å²) < 4.78 is 1.74. The van der Waals surface area contributed by atoms with E-state index in [1.807, 2.05) is 28.9 Å². The normalized spacial score (nSPS) is 30.0. The first kappa shape index (κ1) is 20.5. The van der Waals surface area contributed by atoms with Gasteiger partial charge in [0.1, 0.15) is 0 Å². The van der Waals surface area contributed by atoms with Crippen molar-refractivity contribution in [2.24, 2.45) is 17.8 Å². The van der Waals surface area contributed by atoms with E-state index < -0.39 is 12.0 Å². The molecule has 4 atom stereocenters. The van der Waals surface area contributed by atoms with Crippen LogP contribution in [0.2, 0.25) is 0 Å². The van der Waals surface area contributed by atoms with E-state index in [9.17, 15) is 19.5 Å². The van der Waals surface area contributed by atoms with Crippen LogP contribution in [0.4, 0.5) is 0 Å². The number of likely N-dealkylation sites (tertiary alicyclic amines) is 1. The summed E-state index contributed by atoms with van der Waals surface area (Å²) in [5, 5.41) is 10.4. The molecule has 1 aromatic rings. The van der Waals surface area contributed by atoms with Gasteiger partial charge in [-0.05, 0) is 51.2 Å². The monoisotopic (exact) mass is 425 g/mol. The number of hydrogen-bond donors (Lipinski definition) is 1. The lowest BCUT2D eigenvalue weighted by atomic mass is 9.85. The maximum Gasteiger partial charge on any atom is 0.258 e. The maximum absolute atomic E-state index is 13.7. The van der Waals surface area contributed by atoms with E-state index in [2.05, 4.69) is 0 Å². The minimum absolute atomic E-state index is 0.0220. The zero-order chi connectivity index (χ0) is 21.7. The maximum atomic E-state index is 13.7. The average molecular weight is 426 g/mol. The fourth-order valence-corrected chi connectivity index (χ4v) is 5.88. The third-order valence-electron chi connectivity index (χ3n) is 7.55. The summed E-state index contributed by atoms with van der Waals surface area (Å²) in [7, 11) is 0. The van der Waals surface area contributed by atoms with Gasteiger partial charge in [-0.3, -0.25) is 14.4 Å². The average Bonchev–Trinajstić information content (AvgIpc) is 3.61. The Hall–Kier alpha value is -2.41. The first-order valence-corrected chi connectivity index (χ1v) is 11.6. The fourth-order valence-electron chi connectivity index (χ4n) is 5.88. The lowest BCUT2D eigenvalue weighted by Crippen LogP contribution is -2.50. The van der Waals surface area contributed by atoms with Crippen LogP contribution in [0.5, 0.6) is 0 Å². The molecule has 3 fully saturated rings. The third-order valence-corrected chi connectivity index (χ3v) is 7.55. The highest BCUT2D eigenvalue weighted by Crippen LogP contribution is 2.51. The van der Waals surface area contributed by atoms with Gasteiger partial charge in [-0.15, -0.1) is 0 Å². The minimum atomic E-state index is -0.503. The predicted octanol–water partition coefficient (Wildman–Crippen LogP) is 1.79. The van der Waals surface area contributed by atoms with Crippen LogP contribution in [-0.2, 0) is 16.1 Å². The molecular formula is C24H31N3O4. The quantitative estimate of drug-likeness (QED) is 0.797. The van der Waals surface area contributed by atoms with E-state index in [-0.39, 0.29) is 41.9 Å². The standard InChI is InChI=1S/C24H31N3O4/c1-2-6-15-9-10-18-21-20(24(31)25-11-4-3-5-12-25)17(14-28)19(13-26(18)22(15)29)27(21)23(30)16-7-8-16/h2,6,9-10,16-17,19-21,28H,3-5,7-8,11-14H2,1H3/b6-2+/t17-,19-,20+,21+/m1/s1. The van der Waals surface area contributed by atoms with Crippen molar-refractivity contribution in [3.8, 4) is 0 Å². The van der Waals surface area contributed by atoms with Crippen molar-refractivity contribution in [1.82, 2.24) is 14.4 Å². The molecule has 5 rings (SSSR count). The topological polar surface area (TPSA) is 82.8 Å². The third kappa shape index (κ3) is 3.25. The lowest BCUT2D eigenvalue weighted by molar-refractivity contribution is -0.141. The molecule has 4 heterocycles. The van der Waals surface area contributed by atoms with E-state index in [1.54, 1.807) is 16.7 Å². The van der Waals surface area contributed by atoms with Crippen molar-refractivity contribution in [1.29, 1.82) is 0 Å². The number of piperidine rings is 1. The van der Waals surface area contributed by atoms with Crippen LogP contribution in [0.15, 0.2) is 23.0 Å². The molecule has 7 heteroatoms. The Morgan fingerprint density at radius 2 is 1.87 bits per heavy atom. The number of carbonyl (C=O) groups excluding carboxylic acids is 2. The molecule has 7 nitrogen and oxygen atoms in total. The van der Waals surface area contributed by atoms with Crippen molar-refractivity contribution in [2.75, 3.05) is 19.7 Å². The Balaban J connectivity index is 1.62. The highest BCUT2D eigenvalue weighted by atomic mass is 16.3. The van der Waals surface area contributed by atoms with Gasteiger partial charge in [0.2, 0.25) is 11.8 Å². The number of allylic oxidation sites excluding steroid dienone is 1. The van der Waals surface area contributed by atoms with Crippen molar-refractivity contribution in [3.05, 3.63) is 39.8 Å². The van der Waals surface area contributed by atoms with Crippen molar-refractivity contribution in [3.63, 3.8) is 0 Å². The second-order valence-electron chi connectivity index (χ2n) is 9.42. The van der Waals surface area contributed by atoms with Gasteiger partial charge in [0.25, 0.3) is 5.56 Å². The second kappa shape index (κ2) is 7.93. The van der Waals surface area contributed by atoms with Crippen LogP contribution in [0, 0.1) is 17.8 Å². The molecule has 0 spiro atoms. The smallest absolute Gasteiger partial charge is 0.258 e. The van der Waals surface area contributed by atoms with Crippen LogP contribution >= 0.6 is 0 Å². The van der Waals surface area contributed by atoms with E-state index in [1.165, 1.54) is 0 Å². The Morgan fingerprint density at radius 3 is 2.52 bits per heavy atom. The van der Waals surface area contributed by atoms with Crippen LogP contribution < -0.4 is 5.56 Å². The summed E-state index contributed by atoms with van der Waals surface area (Å²) >= 11 is 0. The zero-order valence-electron chi connectivity index (χ0n) is 18.1. The predicted molar refractivity (Wildman–Crippen MR) is 116 cm³/mol. The molecule has 1 saturated carbocycles. The molecule has 2 bridgehead atoms. The molecular weight excluding hydrogens is 394 g/mol. The number of aromatic nitrogens is 1. The largest absolute Gasteiger partial charge is 0.396 e. The van der Waals surface area contributed by atoms with Gasteiger partial charge in [-0.2, -0.15) is 0 Å². The SMILES string of the molecule is C/C=C/c1ccc2n(c1=O)C[C@@H]1[C@@H](CO)[C@H](C(=O)N3CCCCC3)[C@H]2N1C(=O)C1CC1. The first-order valence-electron chi connectivity index (χ1n) is 11.6. The molecule has 1 N–H and O–H groups in total. The van der Waals surface area contributed by atoms with Gasteiger partial charge in [-0.25, -0.2) is 0 Å². The van der Waals surface area contributed by atoms with Crippen LogP contribution in [-0.4, -0.2) is 57.0 Å². The van der Waals surface area contributed by atoms with E-state index in [0.717, 1.165) is 50.9 Å². The van der Waals surface area contributed by atoms with Crippen LogP contribution in [0.3, 0.4) is 0 Å².